The number of rotatable bonds is 4. The highest BCUT2D eigenvalue weighted by molar-refractivity contribution is 5.46. The van der Waals surface area contributed by atoms with Gasteiger partial charge in [0, 0.05) is 24.4 Å². The van der Waals surface area contributed by atoms with Crippen LogP contribution in [0.15, 0.2) is 35.9 Å². The van der Waals surface area contributed by atoms with Crippen LogP contribution >= 0.6 is 0 Å². The maximum Gasteiger partial charge on any atom is 0.412 e. The lowest BCUT2D eigenvalue weighted by Crippen LogP contribution is -2.32. The van der Waals surface area contributed by atoms with Crippen LogP contribution in [-0.2, 0) is 6.42 Å². The van der Waals surface area contributed by atoms with Crippen molar-refractivity contribution in [2.75, 3.05) is 25.4 Å². The van der Waals surface area contributed by atoms with Crippen molar-refractivity contribution >= 4 is 5.69 Å². The molecule has 1 aromatic rings. The molecule has 0 radical (unpaired) electrons. The summed E-state index contributed by atoms with van der Waals surface area (Å²) in [6, 6.07) is 7.71. The number of anilines is 1. The summed E-state index contributed by atoms with van der Waals surface area (Å²) >= 11 is 0. The zero-order valence-electron chi connectivity index (χ0n) is 11.3. The molecule has 0 fully saturated rings. The fourth-order valence-corrected chi connectivity index (χ4v) is 2.43. The van der Waals surface area contributed by atoms with Crippen molar-refractivity contribution in [1.29, 1.82) is 0 Å². The van der Waals surface area contributed by atoms with E-state index in [4.69, 9.17) is 5.73 Å². The highest BCUT2D eigenvalue weighted by Gasteiger charge is 2.34. The van der Waals surface area contributed by atoms with Gasteiger partial charge < -0.3 is 5.73 Å². The molecule has 0 spiro atoms. The second-order valence-electron chi connectivity index (χ2n) is 5.08. The van der Waals surface area contributed by atoms with E-state index < -0.39 is 6.18 Å². The molecule has 1 aliphatic heterocycles. The van der Waals surface area contributed by atoms with Crippen molar-refractivity contribution in [1.82, 2.24) is 4.90 Å². The lowest BCUT2D eigenvalue weighted by molar-refractivity contribution is -0.0960. The second kappa shape index (κ2) is 6.31. The minimum atomic E-state index is -4.16. The maximum atomic E-state index is 12.5. The monoisotopic (exact) mass is 284 g/mol. The summed E-state index contributed by atoms with van der Waals surface area (Å²) in [5, 5.41) is 0. The number of hydrogen-bond donors (Lipinski definition) is 1. The van der Waals surface area contributed by atoms with Crippen molar-refractivity contribution in [2.45, 2.75) is 25.4 Å². The Morgan fingerprint density at radius 2 is 1.95 bits per heavy atom. The summed E-state index contributed by atoms with van der Waals surface area (Å²) in [6.45, 7) is 1.67. The van der Waals surface area contributed by atoms with E-state index >= 15 is 0 Å². The molecule has 0 saturated carbocycles. The standard InChI is InChI=1S/C15H19F3N2/c16-15(17,18)13-7-10-20(11-8-13)9-3-5-12-4-1-2-6-14(12)19/h1-2,4,6-7H,3,5,8-11,19H2. The van der Waals surface area contributed by atoms with Gasteiger partial charge in [-0.25, -0.2) is 0 Å². The summed E-state index contributed by atoms with van der Waals surface area (Å²) in [4.78, 5) is 2.05. The van der Waals surface area contributed by atoms with Crippen LogP contribution in [0.1, 0.15) is 18.4 Å². The molecular weight excluding hydrogens is 265 g/mol. The Labute approximate surface area is 117 Å². The Morgan fingerprint density at radius 1 is 1.20 bits per heavy atom. The Bertz CT molecular complexity index is 480. The molecule has 1 heterocycles. The number of aryl methyl sites for hydroxylation is 1. The molecule has 0 aliphatic carbocycles. The first kappa shape index (κ1) is 14.9. The third kappa shape index (κ3) is 4.00. The molecule has 1 aliphatic rings. The van der Waals surface area contributed by atoms with Crippen LogP contribution in [0.3, 0.4) is 0 Å². The zero-order chi connectivity index (χ0) is 14.6. The number of alkyl halides is 3. The number of para-hydroxylation sites is 1. The third-order valence-corrected chi connectivity index (χ3v) is 3.63. The van der Waals surface area contributed by atoms with Crippen molar-refractivity contribution < 1.29 is 13.2 Å². The fraction of sp³-hybridized carbons (Fsp3) is 0.467. The Hall–Kier alpha value is -1.49. The summed E-state index contributed by atoms with van der Waals surface area (Å²) in [5.74, 6) is 0. The predicted molar refractivity (Wildman–Crippen MR) is 74.4 cm³/mol. The third-order valence-electron chi connectivity index (χ3n) is 3.63. The Kier molecular flexibility index (Phi) is 4.70. The lowest BCUT2D eigenvalue weighted by atomic mass is 10.1. The van der Waals surface area contributed by atoms with Crippen LogP contribution in [0.4, 0.5) is 18.9 Å². The van der Waals surface area contributed by atoms with Gasteiger partial charge in [-0.1, -0.05) is 24.3 Å². The molecule has 5 heteroatoms. The average molecular weight is 284 g/mol. The average Bonchev–Trinajstić information content (AvgIpc) is 2.40. The fourth-order valence-electron chi connectivity index (χ4n) is 2.43. The van der Waals surface area contributed by atoms with Gasteiger partial charge in [0.05, 0.1) is 0 Å². The normalized spacial score (nSPS) is 17.1. The van der Waals surface area contributed by atoms with Crippen molar-refractivity contribution in [3.8, 4) is 0 Å². The zero-order valence-corrected chi connectivity index (χ0v) is 11.3. The smallest absolute Gasteiger partial charge is 0.399 e. The molecule has 0 amide bonds. The van der Waals surface area contributed by atoms with E-state index in [0.29, 0.717) is 13.1 Å². The van der Waals surface area contributed by atoms with E-state index in [-0.39, 0.29) is 12.0 Å². The van der Waals surface area contributed by atoms with Gasteiger partial charge in [0.25, 0.3) is 0 Å². The van der Waals surface area contributed by atoms with Crippen LogP contribution in [0.25, 0.3) is 0 Å². The molecule has 110 valence electrons. The van der Waals surface area contributed by atoms with E-state index in [1.165, 1.54) is 6.08 Å². The minimum Gasteiger partial charge on any atom is -0.399 e. The van der Waals surface area contributed by atoms with Crippen LogP contribution in [-0.4, -0.2) is 30.7 Å². The highest BCUT2D eigenvalue weighted by Crippen LogP contribution is 2.30. The molecule has 0 saturated heterocycles. The largest absolute Gasteiger partial charge is 0.412 e. The van der Waals surface area contributed by atoms with Crippen LogP contribution in [0, 0.1) is 0 Å². The first-order valence-electron chi connectivity index (χ1n) is 6.79. The first-order valence-corrected chi connectivity index (χ1v) is 6.79. The minimum absolute atomic E-state index is 0.0942. The molecule has 2 N–H and O–H groups in total. The van der Waals surface area contributed by atoms with Gasteiger partial charge in [0.1, 0.15) is 0 Å². The topological polar surface area (TPSA) is 29.3 Å². The van der Waals surface area contributed by atoms with Gasteiger partial charge >= 0.3 is 6.18 Å². The van der Waals surface area contributed by atoms with E-state index in [1.807, 2.05) is 29.2 Å². The summed E-state index contributed by atoms with van der Waals surface area (Å²) < 4.78 is 37.5. The molecule has 0 aromatic heterocycles. The molecule has 20 heavy (non-hydrogen) atoms. The van der Waals surface area contributed by atoms with Crippen LogP contribution < -0.4 is 5.73 Å². The summed E-state index contributed by atoms with van der Waals surface area (Å²) in [6.07, 6.45) is -0.996. The molecule has 0 atom stereocenters. The van der Waals surface area contributed by atoms with Gasteiger partial charge in [0.15, 0.2) is 0 Å². The molecular formula is C15H19F3N2. The number of halogens is 3. The van der Waals surface area contributed by atoms with Crippen LogP contribution in [0.5, 0.6) is 0 Å². The maximum absolute atomic E-state index is 12.5. The summed E-state index contributed by atoms with van der Waals surface area (Å²) in [7, 11) is 0. The molecule has 2 nitrogen and oxygen atoms in total. The van der Waals surface area contributed by atoms with Crippen molar-refractivity contribution in [3.05, 3.63) is 41.5 Å². The van der Waals surface area contributed by atoms with Gasteiger partial charge in [0.2, 0.25) is 0 Å². The van der Waals surface area contributed by atoms with E-state index in [1.54, 1.807) is 0 Å². The molecule has 0 unspecified atom stereocenters. The van der Waals surface area contributed by atoms with Gasteiger partial charge in [-0.15, -0.1) is 0 Å². The second-order valence-corrected chi connectivity index (χ2v) is 5.08. The first-order chi connectivity index (χ1) is 9.47. The number of hydrogen-bond acceptors (Lipinski definition) is 2. The summed E-state index contributed by atoms with van der Waals surface area (Å²) in [5.41, 5.74) is 7.36. The molecule has 2 rings (SSSR count). The number of benzene rings is 1. The highest BCUT2D eigenvalue weighted by atomic mass is 19.4. The Morgan fingerprint density at radius 3 is 2.55 bits per heavy atom. The molecule has 1 aromatic carbocycles. The predicted octanol–water partition coefficient (Wildman–Crippen LogP) is 3.40. The number of nitrogens with zero attached hydrogens (tertiary/aromatic N) is 1. The van der Waals surface area contributed by atoms with Gasteiger partial charge in [-0.2, -0.15) is 13.2 Å². The van der Waals surface area contributed by atoms with E-state index in [9.17, 15) is 13.2 Å². The molecule has 0 bridgehead atoms. The van der Waals surface area contributed by atoms with Crippen LogP contribution in [0.2, 0.25) is 0 Å². The van der Waals surface area contributed by atoms with E-state index in [0.717, 1.165) is 30.6 Å². The van der Waals surface area contributed by atoms with Crippen molar-refractivity contribution in [2.24, 2.45) is 0 Å². The van der Waals surface area contributed by atoms with E-state index in [2.05, 4.69) is 0 Å². The lowest BCUT2D eigenvalue weighted by Gasteiger charge is -2.27. The quantitative estimate of drug-likeness (QED) is 0.678. The number of nitrogens with two attached hydrogens (primary N) is 1. The number of nitrogen functional groups attached to an aromatic ring is 1. The Balaban J connectivity index is 1.77. The van der Waals surface area contributed by atoms with Gasteiger partial charge in [-0.05, 0) is 37.4 Å². The van der Waals surface area contributed by atoms with Crippen molar-refractivity contribution in [3.63, 3.8) is 0 Å². The SMILES string of the molecule is Nc1ccccc1CCCN1CC=C(C(F)(F)F)CC1. The van der Waals surface area contributed by atoms with Gasteiger partial charge in [-0.3, -0.25) is 4.90 Å².